The Labute approximate surface area is 107 Å². The summed E-state index contributed by atoms with van der Waals surface area (Å²) in [7, 11) is 0. The maximum absolute atomic E-state index is 12.4. The third kappa shape index (κ3) is 7.48. The highest BCUT2D eigenvalue weighted by Gasteiger charge is 2.32. The zero-order valence-corrected chi connectivity index (χ0v) is 11.4. The highest BCUT2D eigenvalue weighted by Crippen LogP contribution is 2.24. The monoisotopic (exact) mass is 265 g/mol. The summed E-state index contributed by atoms with van der Waals surface area (Å²) < 4.78 is 37.3. The van der Waals surface area contributed by atoms with Crippen LogP contribution in [0.1, 0.15) is 40.5 Å². The van der Waals surface area contributed by atoms with Gasteiger partial charge in [-0.1, -0.05) is 19.9 Å². The molecule has 0 aliphatic carbocycles. The van der Waals surface area contributed by atoms with Gasteiger partial charge in [-0.3, -0.25) is 4.79 Å². The van der Waals surface area contributed by atoms with Crippen molar-refractivity contribution in [1.29, 1.82) is 0 Å². The van der Waals surface area contributed by atoms with Gasteiger partial charge < -0.3 is 5.32 Å². The first-order valence-corrected chi connectivity index (χ1v) is 6.14. The Morgan fingerprint density at radius 3 is 2.17 bits per heavy atom. The number of rotatable bonds is 7. The van der Waals surface area contributed by atoms with Crippen LogP contribution in [-0.4, -0.2) is 24.5 Å². The molecule has 106 valence electrons. The first-order chi connectivity index (χ1) is 8.16. The fraction of sp³-hybridized carbons (Fsp3) is 0.769. The van der Waals surface area contributed by atoms with E-state index in [4.69, 9.17) is 0 Å². The molecule has 1 atom stereocenters. The summed E-state index contributed by atoms with van der Waals surface area (Å²) in [6.45, 7) is 6.71. The quantitative estimate of drug-likeness (QED) is 0.714. The van der Waals surface area contributed by atoms with Crippen molar-refractivity contribution in [3.05, 3.63) is 11.6 Å². The van der Waals surface area contributed by atoms with E-state index in [1.54, 1.807) is 6.92 Å². The van der Waals surface area contributed by atoms with E-state index >= 15 is 0 Å². The van der Waals surface area contributed by atoms with Crippen molar-refractivity contribution in [1.82, 2.24) is 5.32 Å². The molecule has 0 bridgehead atoms. The Morgan fingerprint density at radius 1 is 1.22 bits per heavy atom. The van der Waals surface area contributed by atoms with Gasteiger partial charge in [0.05, 0.1) is 0 Å². The summed E-state index contributed by atoms with van der Waals surface area (Å²) >= 11 is 0. The van der Waals surface area contributed by atoms with Gasteiger partial charge in [-0.2, -0.15) is 13.2 Å². The number of Topliss-reactive ketones (excluding diaryl/α,β-unsaturated/α-hetero) is 1. The second-order valence-corrected chi connectivity index (χ2v) is 4.93. The van der Waals surface area contributed by atoms with Crippen LogP contribution in [0.4, 0.5) is 13.2 Å². The van der Waals surface area contributed by atoms with Gasteiger partial charge in [-0.05, 0) is 19.8 Å². The van der Waals surface area contributed by atoms with Crippen molar-refractivity contribution in [3.8, 4) is 0 Å². The van der Waals surface area contributed by atoms with E-state index in [0.29, 0.717) is 6.42 Å². The van der Waals surface area contributed by atoms with Crippen LogP contribution >= 0.6 is 0 Å². The lowest BCUT2D eigenvalue weighted by Gasteiger charge is -2.17. The number of hydrogen-bond acceptors (Lipinski definition) is 2. The largest absolute Gasteiger partial charge is 0.413 e. The van der Waals surface area contributed by atoms with Gasteiger partial charge in [0.2, 0.25) is 0 Å². The van der Waals surface area contributed by atoms with Gasteiger partial charge in [0.15, 0.2) is 0 Å². The Balaban J connectivity index is 4.11. The summed E-state index contributed by atoms with van der Waals surface area (Å²) in [5, 5.41) is 2.74. The van der Waals surface area contributed by atoms with E-state index in [9.17, 15) is 18.0 Å². The molecule has 1 unspecified atom stereocenters. The molecule has 0 rings (SSSR count). The molecule has 2 nitrogen and oxygen atoms in total. The Kier molecular flexibility index (Phi) is 7.21. The third-order valence-electron chi connectivity index (χ3n) is 2.52. The van der Waals surface area contributed by atoms with E-state index in [2.05, 4.69) is 5.32 Å². The highest BCUT2D eigenvalue weighted by atomic mass is 19.4. The molecule has 0 spiro atoms. The maximum Gasteiger partial charge on any atom is 0.413 e. The zero-order chi connectivity index (χ0) is 14.3. The second-order valence-electron chi connectivity index (χ2n) is 4.93. The number of carbonyl (C=O) groups excluding carboxylic acids is 1. The Bertz CT molecular complexity index is 295. The van der Waals surface area contributed by atoms with Gasteiger partial charge >= 0.3 is 6.18 Å². The summed E-state index contributed by atoms with van der Waals surface area (Å²) in [4.78, 5) is 11.5. The number of carbonyl (C=O) groups is 1. The normalized spacial score (nSPS) is 15.0. The summed E-state index contributed by atoms with van der Waals surface area (Å²) in [6, 6.07) is -0.242. The predicted molar refractivity (Wildman–Crippen MR) is 66.4 cm³/mol. The van der Waals surface area contributed by atoms with Crippen molar-refractivity contribution >= 4 is 5.78 Å². The minimum atomic E-state index is -4.30. The van der Waals surface area contributed by atoms with Crippen LogP contribution in [0.2, 0.25) is 0 Å². The number of allylic oxidation sites excluding steroid dienone is 1. The van der Waals surface area contributed by atoms with Crippen molar-refractivity contribution < 1.29 is 18.0 Å². The molecule has 0 amide bonds. The number of ketones is 1. The van der Waals surface area contributed by atoms with Crippen LogP contribution in [0.25, 0.3) is 0 Å². The molecular formula is C13H22F3NO. The lowest BCUT2D eigenvalue weighted by Crippen LogP contribution is -2.33. The van der Waals surface area contributed by atoms with Crippen LogP contribution in [0.5, 0.6) is 0 Å². The zero-order valence-electron chi connectivity index (χ0n) is 11.4. The van der Waals surface area contributed by atoms with Crippen LogP contribution in [0.3, 0.4) is 0 Å². The van der Waals surface area contributed by atoms with Crippen molar-refractivity contribution in [2.24, 2.45) is 5.92 Å². The SMILES string of the molecule is CC=C(CNC(C)CC(=O)CC(C)C)C(F)(F)F. The van der Waals surface area contributed by atoms with E-state index in [1.165, 1.54) is 6.92 Å². The fourth-order valence-electron chi connectivity index (χ4n) is 1.60. The summed E-state index contributed by atoms with van der Waals surface area (Å²) in [6.07, 6.45) is -2.51. The average molecular weight is 265 g/mol. The van der Waals surface area contributed by atoms with E-state index in [0.717, 1.165) is 6.08 Å². The first kappa shape index (κ1) is 17.2. The Morgan fingerprint density at radius 2 is 1.78 bits per heavy atom. The lowest BCUT2D eigenvalue weighted by atomic mass is 10.0. The summed E-state index contributed by atoms with van der Waals surface area (Å²) in [5.41, 5.74) is -0.606. The number of alkyl halides is 3. The van der Waals surface area contributed by atoms with Crippen molar-refractivity contribution in [3.63, 3.8) is 0 Å². The number of nitrogens with one attached hydrogen (secondary N) is 1. The lowest BCUT2D eigenvalue weighted by molar-refractivity contribution is -0.120. The fourth-order valence-corrected chi connectivity index (χ4v) is 1.60. The third-order valence-corrected chi connectivity index (χ3v) is 2.52. The Hall–Kier alpha value is -0.840. The molecule has 18 heavy (non-hydrogen) atoms. The molecule has 0 aliphatic rings. The minimum absolute atomic E-state index is 0.0824. The molecule has 0 fully saturated rings. The van der Waals surface area contributed by atoms with Gasteiger partial charge in [0.1, 0.15) is 5.78 Å². The number of hydrogen-bond donors (Lipinski definition) is 1. The molecule has 0 aromatic heterocycles. The summed E-state index contributed by atoms with van der Waals surface area (Å²) in [5.74, 6) is 0.366. The molecule has 0 aromatic rings. The first-order valence-electron chi connectivity index (χ1n) is 6.14. The molecule has 5 heteroatoms. The molecule has 0 radical (unpaired) electrons. The van der Waals surface area contributed by atoms with Gasteiger partial charge in [-0.15, -0.1) is 0 Å². The van der Waals surface area contributed by atoms with Gasteiger partial charge in [-0.25, -0.2) is 0 Å². The topological polar surface area (TPSA) is 29.1 Å². The average Bonchev–Trinajstić information content (AvgIpc) is 2.14. The minimum Gasteiger partial charge on any atom is -0.310 e. The molecule has 1 N–H and O–H groups in total. The molecule has 0 saturated carbocycles. The molecule has 0 heterocycles. The van der Waals surface area contributed by atoms with Crippen LogP contribution < -0.4 is 5.32 Å². The number of halogens is 3. The van der Waals surface area contributed by atoms with Gasteiger partial charge in [0, 0.05) is 31.0 Å². The standard InChI is InChI=1S/C13H22F3NO/c1-5-11(13(14,15)16)8-17-10(4)7-12(18)6-9(2)3/h5,9-10,17H,6-8H2,1-4H3. The molecule has 0 saturated heterocycles. The maximum atomic E-state index is 12.4. The second kappa shape index (κ2) is 7.56. The van der Waals surface area contributed by atoms with Crippen molar-refractivity contribution in [2.45, 2.75) is 52.8 Å². The van der Waals surface area contributed by atoms with Crippen LogP contribution in [0, 0.1) is 5.92 Å². The van der Waals surface area contributed by atoms with E-state index in [-0.39, 0.29) is 30.7 Å². The van der Waals surface area contributed by atoms with Crippen molar-refractivity contribution in [2.75, 3.05) is 6.54 Å². The predicted octanol–water partition coefficient (Wildman–Crippen LogP) is 3.48. The molecule has 0 aromatic carbocycles. The highest BCUT2D eigenvalue weighted by molar-refractivity contribution is 5.79. The van der Waals surface area contributed by atoms with E-state index < -0.39 is 11.7 Å². The van der Waals surface area contributed by atoms with Crippen LogP contribution in [-0.2, 0) is 4.79 Å². The smallest absolute Gasteiger partial charge is 0.310 e. The molecular weight excluding hydrogens is 243 g/mol. The molecule has 0 aliphatic heterocycles. The van der Waals surface area contributed by atoms with Gasteiger partial charge in [0.25, 0.3) is 0 Å². The van der Waals surface area contributed by atoms with E-state index in [1.807, 2.05) is 13.8 Å². The van der Waals surface area contributed by atoms with Crippen LogP contribution in [0.15, 0.2) is 11.6 Å².